The Morgan fingerprint density at radius 3 is 2.61 bits per heavy atom. The molecule has 2 heterocycles. The Balaban J connectivity index is 1.86. The summed E-state index contributed by atoms with van der Waals surface area (Å²) in [6.07, 6.45) is 0.744. The lowest BCUT2D eigenvalue weighted by Crippen LogP contribution is -2.37. The number of anilines is 1. The highest BCUT2D eigenvalue weighted by Gasteiger charge is 2.24. The van der Waals surface area contributed by atoms with Gasteiger partial charge in [0.2, 0.25) is 5.91 Å². The Bertz CT molecular complexity index is 1470. The third-order valence-electron chi connectivity index (χ3n) is 5.42. The number of carboxylic acid groups (broad SMARTS) is 1. The van der Waals surface area contributed by atoms with Crippen molar-refractivity contribution in [3.05, 3.63) is 76.6 Å². The van der Waals surface area contributed by atoms with Crippen molar-refractivity contribution in [1.82, 2.24) is 14.0 Å². The van der Waals surface area contributed by atoms with Crippen molar-refractivity contribution in [3.8, 4) is 0 Å². The molecule has 0 aliphatic heterocycles. The first kappa shape index (κ1) is 27.6. The number of nitrogens with one attached hydrogen (secondary N) is 1. The summed E-state index contributed by atoms with van der Waals surface area (Å²) in [5, 5.41) is 12.5. The average Bonchev–Trinajstić information content (AvgIpc) is 3.20. The minimum atomic E-state index is -1.31. The van der Waals surface area contributed by atoms with E-state index in [1.807, 2.05) is 0 Å². The second-order valence-corrected chi connectivity index (χ2v) is 8.45. The Morgan fingerprint density at radius 2 is 1.95 bits per heavy atom. The van der Waals surface area contributed by atoms with Gasteiger partial charge in [-0.1, -0.05) is 6.08 Å². The molecule has 3 rings (SSSR count). The van der Waals surface area contributed by atoms with E-state index in [1.54, 1.807) is 0 Å². The van der Waals surface area contributed by atoms with Crippen LogP contribution < -0.4 is 16.6 Å². The first-order chi connectivity index (χ1) is 18.0. The summed E-state index contributed by atoms with van der Waals surface area (Å²) < 4.78 is 21.0. The summed E-state index contributed by atoms with van der Waals surface area (Å²) in [6.45, 7) is -0.192. The van der Waals surface area contributed by atoms with Crippen LogP contribution in [0.5, 0.6) is 0 Å². The maximum Gasteiger partial charge on any atom is 0.416 e. The number of ether oxygens (including phenoxy) is 1. The molecule has 3 aromatic rings. The lowest BCUT2D eigenvalue weighted by molar-refractivity contribution is -0.125. The van der Waals surface area contributed by atoms with Crippen molar-refractivity contribution in [3.63, 3.8) is 0 Å². The lowest BCUT2D eigenvalue weighted by Gasteiger charge is -2.19. The zero-order valence-corrected chi connectivity index (χ0v) is 20.6. The van der Waals surface area contributed by atoms with E-state index in [4.69, 9.17) is 10.5 Å². The van der Waals surface area contributed by atoms with Gasteiger partial charge in [0, 0.05) is 31.4 Å². The van der Waals surface area contributed by atoms with Crippen LogP contribution in [-0.2, 0) is 20.9 Å². The Hall–Kier alpha value is -4.94. The maximum atomic E-state index is 13.7. The van der Waals surface area contributed by atoms with Crippen molar-refractivity contribution in [2.24, 2.45) is 5.73 Å². The topological polar surface area (TPSA) is 166 Å². The van der Waals surface area contributed by atoms with Crippen LogP contribution in [0.15, 0.2) is 59.5 Å². The van der Waals surface area contributed by atoms with E-state index in [0.29, 0.717) is 5.39 Å². The molecule has 3 amide bonds. The van der Waals surface area contributed by atoms with Gasteiger partial charge in [0.15, 0.2) is 6.10 Å². The molecule has 2 aromatic heterocycles. The number of nitrogens with two attached hydrogens (primary N) is 1. The van der Waals surface area contributed by atoms with E-state index in [-0.39, 0.29) is 36.3 Å². The highest BCUT2D eigenvalue weighted by molar-refractivity contribution is 5.95. The number of halogens is 1. The fourth-order valence-corrected chi connectivity index (χ4v) is 3.65. The smallest absolute Gasteiger partial charge is 0.416 e. The number of pyridine rings is 1. The molecule has 0 saturated heterocycles. The van der Waals surface area contributed by atoms with Crippen LogP contribution in [-0.4, -0.2) is 63.3 Å². The number of amides is 3. The number of carbonyl (C=O) groups is 4. The van der Waals surface area contributed by atoms with Crippen molar-refractivity contribution < 1.29 is 33.4 Å². The van der Waals surface area contributed by atoms with Gasteiger partial charge < -0.3 is 30.4 Å². The van der Waals surface area contributed by atoms with E-state index in [2.05, 4.69) is 5.32 Å². The highest BCUT2D eigenvalue weighted by atomic mass is 19.1. The number of allylic oxidation sites excluding steroid dienone is 1. The number of carbonyl (C=O) groups excluding carboxylic acids is 3. The van der Waals surface area contributed by atoms with E-state index >= 15 is 0 Å². The highest BCUT2D eigenvalue weighted by Crippen LogP contribution is 2.22. The first-order valence-electron chi connectivity index (χ1n) is 11.4. The normalized spacial score (nSPS) is 11.9. The van der Waals surface area contributed by atoms with Gasteiger partial charge >= 0.3 is 12.2 Å². The molecule has 38 heavy (non-hydrogen) atoms. The Kier molecular flexibility index (Phi) is 8.63. The zero-order valence-electron chi connectivity index (χ0n) is 20.6. The van der Waals surface area contributed by atoms with Gasteiger partial charge in [-0.25, -0.2) is 18.5 Å². The van der Waals surface area contributed by atoms with Gasteiger partial charge in [-0.3, -0.25) is 14.4 Å². The molecular weight excluding hydrogens is 501 g/mol. The van der Waals surface area contributed by atoms with Gasteiger partial charge in [-0.15, -0.1) is 0 Å². The molecule has 4 N–H and O–H groups in total. The third kappa shape index (κ3) is 6.63. The fraction of sp³-hybridized carbons (Fsp3) is 0.240. The molecule has 0 saturated carbocycles. The molecule has 0 radical (unpaired) electrons. The summed E-state index contributed by atoms with van der Waals surface area (Å²) in [4.78, 5) is 62.0. The van der Waals surface area contributed by atoms with E-state index < -0.39 is 41.5 Å². The first-order valence-corrected chi connectivity index (χ1v) is 11.4. The number of hydrogen-bond donors (Lipinski definition) is 3. The number of nitrogens with zero attached hydrogens (tertiary/aromatic N) is 3. The largest absolute Gasteiger partial charge is 0.464 e. The fourth-order valence-electron chi connectivity index (χ4n) is 3.65. The third-order valence-corrected chi connectivity index (χ3v) is 5.42. The van der Waals surface area contributed by atoms with Gasteiger partial charge in [-0.05, 0) is 55.3 Å². The molecule has 12 nitrogen and oxygen atoms in total. The van der Waals surface area contributed by atoms with Crippen LogP contribution in [0, 0.1) is 5.82 Å². The minimum absolute atomic E-state index is 0.00545. The molecular formula is C25H26FN5O7. The number of primary amides is 1. The van der Waals surface area contributed by atoms with Crippen molar-refractivity contribution in [1.29, 1.82) is 0 Å². The second-order valence-electron chi connectivity index (χ2n) is 8.45. The molecule has 13 heteroatoms. The summed E-state index contributed by atoms with van der Waals surface area (Å²) in [5.74, 6) is -1.99. The van der Waals surface area contributed by atoms with Crippen LogP contribution in [0.1, 0.15) is 18.5 Å². The van der Waals surface area contributed by atoms with Gasteiger partial charge in [0.25, 0.3) is 11.5 Å². The van der Waals surface area contributed by atoms with Crippen molar-refractivity contribution in [2.45, 2.75) is 25.5 Å². The number of hydrogen-bond acceptors (Lipinski definition) is 6. The van der Waals surface area contributed by atoms with Gasteiger partial charge in [0.05, 0.1) is 12.1 Å². The summed E-state index contributed by atoms with van der Waals surface area (Å²) in [7, 11) is 2.87. The molecule has 1 aromatic carbocycles. The van der Waals surface area contributed by atoms with Gasteiger partial charge in [0.1, 0.15) is 11.5 Å². The Morgan fingerprint density at radius 1 is 1.21 bits per heavy atom. The second kappa shape index (κ2) is 11.9. The van der Waals surface area contributed by atoms with Crippen LogP contribution in [0.2, 0.25) is 0 Å². The molecule has 0 aliphatic carbocycles. The average molecular weight is 528 g/mol. The summed E-state index contributed by atoms with van der Waals surface area (Å²) in [5.41, 5.74) is 4.71. The molecule has 1 atom stereocenters. The maximum absolute atomic E-state index is 13.7. The summed E-state index contributed by atoms with van der Waals surface area (Å²) >= 11 is 0. The standard InChI is InChI=1S/C25H26FN5O7/c1-29(2)25(37)38-20(7-3-4-8-21(27)32)22(33)28-18-6-5-11-30(23(18)34)14-17-13-15-12-16(26)9-10-19(15)31(17)24(35)36/h4-6,8-13,20H,3,7,14H2,1-2H3,(H2,27,32)(H,28,33)(H,35,36). The van der Waals surface area contributed by atoms with Crippen LogP contribution in [0.4, 0.5) is 19.7 Å². The van der Waals surface area contributed by atoms with Crippen LogP contribution >= 0.6 is 0 Å². The number of benzene rings is 1. The Labute approximate surface area is 215 Å². The lowest BCUT2D eigenvalue weighted by atomic mass is 10.1. The molecule has 200 valence electrons. The number of fused-ring (bicyclic) bond motifs is 1. The quantitative estimate of drug-likeness (QED) is 0.359. The molecule has 0 bridgehead atoms. The predicted octanol–water partition coefficient (Wildman–Crippen LogP) is 2.34. The zero-order chi connectivity index (χ0) is 28.0. The SMILES string of the molecule is CN(C)C(=O)OC(CCC=CC(N)=O)C(=O)Nc1cccn(Cc2cc3cc(F)ccc3n2C(=O)O)c1=O. The molecule has 0 spiro atoms. The van der Waals surface area contributed by atoms with E-state index in [9.17, 15) is 33.5 Å². The van der Waals surface area contributed by atoms with Gasteiger partial charge in [-0.2, -0.15) is 0 Å². The molecule has 0 fully saturated rings. The van der Waals surface area contributed by atoms with Crippen LogP contribution in [0.25, 0.3) is 10.9 Å². The van der Waals surface area contributed by atoms with Crippen molar-refractivity contribution in [2.75, 3.05) is 19.4 Å². The summed E-state index contributed by atoms with van der Waals surface area (Å²) in [6, 6.07) is 7.93. The molecule has 0 aliphatic rings. The van der Waals surface area contributed by atoms with E-state index in [1.165, 1.54) is 61.3 Å². The monoisotopic (exact) mass is 527 g/mol. The van der Waals surface area contributed by atoms with Crippen LogP contribution in [0.3, 0.4) is 0 Å². The minimum Gasteiger partial charge on any atom is -0.464 e. The van der Waals surface area contributed by atoms with Crippen molar-refractivity contribution >= 4 is 40.6 Å². The number of aromatic nitrogens is 2. The molecule has 1 unspecified atom stereocenters. The number of rotatable bonds is 9. The predicted molar refractivity (Wildman–Crippen MR) is 135 cm³/mol. The van der Waals surface area contributed by atoms with E-state index in [0.717, 1.165) is 21.6 Å².